The van der Waals surface area contributed by atoms with Crippen LogP contribution in [0.15, 0.2) is 54.7 Å². The fraction of sp³-hybridized carbons (Fsp3) is 0.190. The summed E-state index contributed by atoms with van der Waals surface area (Å²) >= 11 is 5.87. The maximum Gasteiger partial charge on any atom is 0.274 e. The molecule has 6 nitrogen and oxygen atoms in total. The van der Waals surface area contributed by atoms with E-state index in [4.69, 9.17) is 11.6 Å². The first-order chi connectivity index (χ1) is 14.4. The van der Waals surface area contributed by atoms with Crippen LogP contribution in [0.5, 0.6) is 0 Å². The summed E-state index contributed by atoms with van der Waals surface area (Å²) < 4.78 is 29.2. The number of benzene rings is 2. The van der Waals surface area contributed by atoms with Gasteiger partial charge in [0, 0.05) is 37.4 Å². The molecule has 30 heavy (non-hydrogen) atoms. The van der Waals surface area contributed by atoms with Gasteiger partial charge in [0.15, 0.2) is 5.69 Å². The van der Waals surface area contributed by atoms with E-state index in [1.165, 1.54) is 40.0 Å². The van der Waals surface area contributed by atoms with Crippen LogP contribution in [0.3, 0.4) is 0 Å². The Labute approximate surface area is 176 Å². The summed E-state index contributed by atoms with van der Waals surface area (Å²) in [5, 5.41) is 4.46. The van der Waals surface area contributed by atoms with Crippen LogP contribution in [0.25, 0.3) is 5.69 Å². The Hall–Kier alpha value is -3.26. The molecule has 2 amide bonds. The van der Waals surface area contributed by atoms with E-state index in [2.05, 4.69) is 5.10 Å². The minimum atomic E-state index is -0.637. The highest BCUT2D eigenvalue weighted by Crippen LogP contribution is 2.18. The number of aromatic nitrogens is 2. The number of rotatable bonds is 3. The van der Waals surface area contributed by atoms with Crippen molar-refractivity contribution in [2.75, 3.05) is 26.2 Å². The quantitative estimate of drug-likeness (QED) is 0.640. The average Bonchev–Trinajstić information content (AvgIpc) is 3.25. The second kappa shape index (κ2) is 8.23. The van der Waals surface area contributed by atoms with Gasteiger partial charge in [-0.25, -0.2) is 13.5 Å². The van der Waals surface area contributed by atoms with Crippen LogP contribution in [0.4, 0.5) is 8.78 Å². The topological polar surface area (TPSA) is 58.4 Å². The van der Waals surface area contributed by atoms with E-state index >= 15 is 0 Å². The van der Waals surface area contributed by atoms with E-state index in [0.29, 0.717) is 0 Å². The minimum Gasteiger partial charge on any atom is -0.335 e. The van der Waals surface area contributed by atoms with E-state index in [1.807, 2.05) is 0 Å². The molecular formula is C21H17ClF2N4O2. The molecule has 0 spiro atoms. The van der Waals surface area contributed by atoms with Crippen molar-refractivity contribution in [1.82, 2.24) is 19.6 Å². The molecule has 9 heteroatoms. The molecule has 1 aliphatic rings. The first-order valence-electron chi connectivity index (χ1n) is 9.28. The first-order valence-corrected chi connectivity index (χ1v) is 9.66. The lowest BCUT2D eigenvalue weighted by atomic mass is 10.1. The molecule has 0 bridgehead atoms. The molecule has 4 rings (SSSR count). The summed E-state index contributed by atoms with van der Waals surface area (Å²) in [7, 11) is 0. The number of nitrogens with zero attached hydrogens (tertiary/aromatic N) is 4. The predicted molar refractivity (Wildman–Crippen MR) is 107 cm³/mol. The van der Waals surface area contributed by atoms with Crippen LogP contribution in [-0.2, 0) is 0 Å². The van der Waals surface area contributed by atoms with Crippen molar-refractivity contribution in [3.05, 3.63) is 82.6 Å². The Morgan fingerprint density at radius 1 is 0.867 bits per heavy atom. The number of para-hydroxylation sites is 1. The Bertz CT molecular complexity index is 1110. The largest absolute Gasteiger partial charge is 0.335 e. The number of carbonyl (C=O) groups excluding carboxylic acids is 2. The molecule has 154 valence electrons. The molecule has 0 atom stereocenters. The van der Waals surface area contributed by atoms with E-state index in [0.717, 1.165) is 6.07 Å². The lowest BCUT2D eigenvalue weighted by Gasteiger charge is -2.34. The highest BCUT2D eigenvalue weighted by Gasteiger charge is 2.28. The van der Waals surface area contributed by atoms with E-state index < -0.39 is 17.5 Å². The minimum absolute atomic E-state index is 0.0918. The molecule has 2 aromatic carbocycles. The zero-order valence-electron chi connectivity index (χ0n) is 15.8. The molecule has 0 unspecified atom stereocenters. The predicted octanol–water partition coefficient (Wildman–Crippen LogP) is 3.40. The van der Waals surface area contributed by atoms with Crippen molar-refractivity contribution in [2.45, 2.75) is 0 Å². The van der Waals surface area contributed by atoms with Gasteiger partial charge in [0.1, 0.15) is 17.3 Å². The number of carbonyl (C=O) groups is 2. The van der Waals surface area contributed by atoms with Crippen LogP contribution in [0, 0.1) is 11.6 Å². The SMILES string of the molecule is O=C(c1ccn(-c2ccccc2F)n1)N1CCN(C(=O)c2cc(Cl)ccc2F)CC1. The molecule has 0 radical (unpaired) electrons. The summed E-state index contributed by atoms with van der Waals surface area (Å²) in [4.78, 5) is 28.4. The monoisotopic (exact) mass is 430 g/mol. The maximum atomic E-state index is 14.0. The highest BCUT2D eigenvalue weighted by molar-refractivity contribution is 6.31. The molecule has 0 aliphatic carbocycles. The van der Waals surface area contributed by atoms with E-state index in [1.54, 1.807) is 23.1 Å². The maximum absolute atomic E-state index is 14.0. The van der Waals surface area contributed by atoms with Crippen LogP contribution in [0.2, 0.25) is 5.02 Å². The molecule has 3 aromatic rings. The molecule has 1 aliphatic heterocycles. The Morgan fingerprint density at radius 3 is 2.23 bits per heavy atom. The zero-order chi connectivity index (χ0) is 21.3. The number of halogens is 3. The van der Waals surface area contributed by atoms with Gasteiger partial charge in [-0.2, -0.15) is 5.10 Å². The summed E-state index contributed by atoms with van der Waals surface area (Å²) in [6, 6.07) is 11.5. The number of amides is 2. The van der Waals surface area contributed by atoms with Crippen molar-refractivity contribution >= 4 is 23.4 Å². The van der Waals surface area contributed by atoms with Gasteiger partial charge in [-0.05, 0) is 36.4 Å². The third kappa shape index (κ3) is 3.91. The molecule has 0 N–H and O–H groups in total. The Morgan fingerprint density at radius 2 is 1.53 bits per heavy atom. The van der Waals surface area contributed by atoms with Gasteiger partial charge >= 0.3 is 0 Å². The summed E-state index contributed by atoms with van der Waals surface area (Å²) in [5.74, 6) is -1.86. The molecule has 2 heterocycles. The molecule has 1 fully saturated rings. The van der Waals surface area contributed by atoms with Crippen molar-refractivity contribution < 1.29 is 18.4 Å². The second-order valence-electron chi connectivity index (χ2n) is 6.81. The van der Waals surface area contributed by atoms with Crippen LogP contribution in [0.1, 0.15) is 20.8 Å². The van der Waals surface area contributed by atoms with Gasteiger partial charge in [-0.1, -0.05) is 23.7 Å². The lowest BCUT2D eigenvalue weighted by molar-refractivity contribution is 0.0529. The standard InChI is InChI=1S/C21H17ClF2N4O2/c22-14-5-6-16(23)15(13-14)20(29)26-9-11-27(12-10-26)21(30)18-7-8-28(25-18)19-4-2-1-3-17(19)24/h1-8,13H,9-12H2. The smallest absolute Gasteiger partial charge is 0.274 e. The van der Waals surface area contributed by atoms with Crippen LogP contribution >= 0.6 is 11.6 Å². The van der Waals surface area contributed by atoms with Crippen molar-refractivity contribution in [3.63, 3.8) is 0 Å². The van der Waals surface area contributed by atoms with Gasteiger partial charge in [0.05, 0.1) is 5.56 Å². The fourth-order valence-corrected chi connectivity index (χ4v) is 3.49. The van der Waals surface area contributed by atoms with Gasteiger partial charge < -0.3 is 9.80 Å². The van der Waals surface area contributed by atoms with Crippen LogP contribution < -0.4 is 0 Å². The van der Waals surface area contributed by atoms with Gasteiger partial charge in [-0.3, -0.25) is 9.59 Å². The summed E-state index contributed by atoms with van der Waals surface area (Å²) in [6.07, 6.45) is 1.52. The Balaban J connectivity index is 1.42. The summed E-state index contributed by atoms with van der Waals surface area (Å²) in [6.45, 7) is 1.06. The molecule has 1 aromatic heterocycles. The van der Waals surface area contributed by atoms with Gasteiger partial charge in [0.2, 0.25) is 0 Å². The summed E-state index contributed by atoms with van der Waals surface area (Å²) in [5.41, 5.74) is 0.334. The van der Waals surface area contributed by atoms with Crippen molar-refractivity contribution in [3.8, 4) is 5.69 Å². The normalized spacial score (nSPS) is 14.1. The van der Waals surface area contributed by atoms with Crippen molar-refractivity contribution in [1.29, 1.82) is 0 Å². The molecule has 0 saturated carbocycles. The highest BCUT2D eigenvalue weighted by atomic mass is 35.5. The van der Waals surface area contributed by atoms with E-state index in [9.17, 15) is 18.4 Å². The lowest BCUT2D eigenvalue weighted by Crippen LogP contribution is -2.50. The molecular weight excluding hydrogens is 414 g/mol. The fourth-order valence-electron chi connectivity index (χ4n) is 3.32. The first kappa shape index (κ1) is 20.0. The Kier molecular flexibility index (Phi) is 5.50. The zero-order valence-corrected chi connectivity index (χ0v) is 16.5. The second-order valence-corrected chi connectivity index (χ2v) is 7.24. The van der Waals surface area contributed by atoms with E-state index in [-0.39, 0.29) is 54.1 Å². The average molecular weight is 431 g/mol. The number of hydrogen-bond donors (Lipinski definition) is 0. The molecule has 1 saturated heterocycles. The third-order valence-electron chi connectivity index (χ3n) is 4.92. The van der Waals surface area contributed by atoms with Gasteiger partial charge in [-0.15, -0.1) is 0 Å². The van der Waals surface area contributed by atoms with Crippen LogP contribution in [-0.4, -0.2) is 57.6 Å². The van der Waals surface area contributed by atoms with Crippen molar-refractivity contribution in [2.24, 2.45) is 0 Å². The van der Waals surface area contributed by atoms with Gasteiger partial charge in [0.25, 0.3) is 11.8 Å². The third-order valence-corrected chi connectivity index (χ3v) is 5.16. The number of hydrogen-bond acceptors (Lipinski definition) is 3. The number of piperazine rings is 1.